The predicted octanol–water partition coefficient (Wildman–Crippen LogP) is 5.38. The zero-order chi connectivity index (χ0) is 25.7. The fourth-order valence-electron chi connectivity index (χ4n) is 4.39. The van der Waals surface area contributed by atoms with Gasteiger partial charge in [-0.05, 0) is 62.4 Å². The van der Waals surface area contributed by atoms with Crippen molar-refractivity contribution in [3.05, 3.63) is 84.0 Å². The van der Waals surface area contributed by atoms with Crippen molar-refractivity contribution in [1.29, 1.82) is 0 Å². The molecule has 4 aromatic rings. The van der Waals surface area contributed by atoms with Crippen LogP contribution in [-0.4, -0.2) is 47.4 Å². The first-order valence-corrected chi connectivity index (χ1v) is 12.7. The molecule has 0 fully saturated rings. The highest BCUT2D eigenvalue weighted by Gasteiger charge is 2.32. The molecule has 0 aliphatic carbocycles. The Kier molecular flexibility index (Phi) is 5.96. The van der Waals surface area contributed by atoms with E-state index in [1.807, 2.05) is 13.1 Å². The van der Waals surface area contributed by atoms with Gasteiger partial charge in [-0.15, -0.1) is 0 Å². The number of aryl methyl sites for hydroxylation is 1. The highest BCUT2D eigenvalue weighted by atomic mass is 32.2. The molecule has 0 atom stereocenters. The van der Waals surface area contributed by atoms with E-state index in [-0.39, 0.29) is 15.8 Å². The molecule has 36 heavy (non-hydrogen) atoms. The molecule has 6 nitrogen and oxygen atoms in total. The van der Waals surface area contributed by atoms with Gasteiger partial charge in [-0.2, -0.15) is 13.2 Å². The second kappa shape index (κ2) is 8.86. The molecule has 0 spiro atoms. The minimum absolute atomic E-state index is 0.0111. The van der Waals surface area contributed by atoms with E-state index >= 15 is 0 Å². The smallest absolute Gasteiger partial charge is 0.302 e. The topological polar surface area (TPSA) is 68.1 Å². The van der Waals surface area contributed by atoms with Crippen molar-refractivity contribution in [2.45, 2.75) is 24.4 Å². The van der Waals surface area contributed by atoms with Crippen LogP contribution in [0.2, 0.25) is 0 Å². The number of nitrogens with zero attached hydrogens (tertiary/aromatic N) is 4. The second-order valence-corrected chi connectivity index (χ2v) is 10.6. The molecule has 3 heterocycles. The van der Waals surface area contributed by atoms with Gasteiger partial charge in [0.25, 0.3) is 10.0 Å². The van der Waals surface area contributed by atoms with Crippen LogP contribution in [-0.2, 0) is 16.2 Å². The number of likely N-dealkylation sites (N-methyl/N-ethyl adjacent to an activating group) is 1. The summed E-state index contributed by atoms with van der Waals surface area (Å²) in [4.78, 5) is 10.5. The van der Waals surface area contributed by atoms with Crippen molar-refractivity contribution in [2.75, 3.05) is 20.1 Å². The average molecular weight is 513 g/mol. The Morgan fingerprint density at radius 1 is 1.06 bits per heavy atom. The van der Waals surface area contributed by atoms with E-state index in [1.165, 1.54) is 24.4 Å². The van der Waals surface area contributed by atoms with Gasteiger partial charge in [0, 0.05) is 42.0 Å². The maximum atomic E-state index is 13.8. The molecule has 1 aliphatic rings. The summed E-state index contributed by atoms with van der Waals surface area (Å²) in [6.45, 7) is 3.10. The molecule has 2 aromatic carbocycles. The lowest BCUT2D eigenvalue weighted by molar-refractivity contribution is -0.137. The minimum atomic E-state index is -4.54. The number of hydrogen-bond donors (Lipinski definition) is 0. The van der Waals surface area contributed by atoms with E-state index in [4.69, 9.17) is 0 Å². The number of fused-ring (bicyclic) bond motifs is 1. The molecule has 5 rings (SSSR count). The van der Waals surface area contributed by atoms with E-state index in [0.717, 1.165) is 28.2 Å². The van der Waals surface area contributed by atoms with Gasteiger partial charge < -0.3 is 4.90 Å². The zero-order valence-electron chi connectivity index (χ0n) is 19.6. The number of hydrogen-bond acceptors (Lipinski definition) is 5. The molecule has 0 saturated carbocycles. The van der Waals surface area contributed by atoms with E-state index in [0.29, 0.717) is 35.6 Å². The van der Waals surface area contributed by atoms with Gasteiger partial charge in [0.1, 0.15) is 5.82 Å². The summed E-state index contributed by atoms with van der Waals surface area (Å²) in [5.41, 5.74) is 1.87. The Morgan fingerprint density at radius 3 is 2.56 bits per heavy atom. The second-order valence-electron chi connectivity index (χ2n) is 8.83. The molecule has 0 saturated heterocycles. The third kappa shape index (κ3) is 4.42. The largest absolute Gasteiger partial charge is 0.416 e. The lowest BCUT2D eigenvalue weighted by atomic mass is 9.98. The maximum absolute atomic E-state index is 13.8. The van der Waals surface area contributed by atoms with Gasteiger partial charge in [0.05, 0.1) is 21.7 Å². The molecule has 1 aliphatic heterocycles. The highest BCUT2D eigenvalue weighted by Crippen LogP contribution is 2.37. The summed E-state index contributed by atoms with van der Waals surface area (Å²) in [5.74, 6) is 0.550. The highest BCUT2D eigenvalue weighted by molar-refractivity contribution is 7.90. The van der Waals surface area contributed by atoms with E-state index in [2.05, 4.69) is 14.9 Å². The molecular formula is C26H23F3N4O2S. The van der Waals surface area contributed by atoms with Gasteiger partial charge in [-0.25, -0.2) is 22.4 Å². The fraction of sp³-hybridized carbons (Fsp3) is 0.231. The van der Waals surface area contributed by atoms with Crippen molar-refractivity contribution in [2.24, 2.45) is 0 Å². The quantitative estimate of drug-likeness (QED) is 0.367. The van der Waals surface area contributed by atoms with E-state index in [9.17, 15) is 21.6 Å². The first-order chi connectivity index (χ1) is 17.0. The van der Waals surface area contributed by atoms with Crippen LogP contribution in [0.25, 0.3) is 27.7 Å². The number of rotatable bonds is 4. The summed E-state index contributed by atoms with van der Waals surface area (Å²) in [5, 5.41) is 0.256. The van der Waals surface area contributed by atoms with Crippen molar-refractivity contribution < 1.29 is 21.6 Å². The standard InChI is InChI=1S/C26H23F3N4O2S/c1-17-30-11-8-24(31-17)19-4-3-5-21(14-19)36(34,35)33-16-23(18-9-12-32(2)13-10-18)22-15-20(26(27,28)29)6-7-25(22)33/h3-9,11,14-16H,10,12-13H2,1-2H3. The third-order valence-corrected chi connectivity index (χ3v) is 7.99. The Bertz CT molecular complexity index is 1610. The van der Waals surface area contributed by atoms with Gasteiger partial charge in [-0.1, -0.05) is 18.2 Å². The van der Waals surface area contributed by atoms with Crippen LogP contribution in [0.1, 0.15) is 23.4 Å². The number of alkyl halides is 3. The minimum Gasteiger partial charge on any atom is -0.302 e. The van der Waals surface area contributed by atoms with Gasteiger partial charge in [-0.3, -0.25) is 0 Å². The molecule has 10 heteroatoms. The summed E-state index contributed by atoms with van der Waals surface area (Å²) in [6.07, 6.45) is 1.04. The molecular weight excluding hydrogens is 489 g/mol. The van der Waals surface area contributed by atoms with Crippen LogP contribution >= 0.6 is 0 Å². The predicted molar refractivity (Wildman–Crippen MR) is 132 cm³/mol. The maximum Gasteiger partial charge on any atom is 0.416 e. The molecule has 0 radical (unpaired) electrons. The molecule has 0 N–H and O–H groups in total. The summed E-state index contributed by atoms with van der Waals surface area (Å²) in [6, 6.07) is 11.2. The summed E-state index contributed by atoms with van der Waals surface area (Å²) < 4.78 is 69.3. The monoisotopic (exact) mass is 512 g/mol. The Labute approximate surface area is 206 Å². The van der Waals surface area contributed by atoms with Gasteiger partial charge in [0.2, 0.25) is 0 Å². The van der Waals surface area contributed by atoms with Crippen LogP contribution in [0.15, 0.2) is 71.9 Å². The van der Waals surface area contributed by atoms with Crippen LogP contribution in [0.4, 0.5) is 13.2 Å². The average Bonchev–Trinajstić information content (AvgIpc) is 3.24. The Hall–Kier alpha value is -3.50. The molecule has 0 bridgehead atoms. The van der Waals surface area contributed by atoms with Crippen LogP contribution in [0.3, 0.4) is 0 Å². The van der Waals surface area contributed by atoms with E-state index < -0.39 is 21.8 Å². The number of benzene rings is 2. The number of halogens is 3. The van der Waals surface area contributed by atoms with Crippen LogP contribution in [0.5, 0.6) is 0 Å². The SMILES string of the molecule is Cc1nccc(-c2cccc(S(=O)(=O)n3cc(C4=CCN(C)CC4)c4cc(C(F)(F)F)ccc43)c2)n1. The van der Waals surface area contributed by atoms with Gasteiger partial charge >= 0.3 is 6.18 Å². The normalized spacial score (nSPS) is 15.3. The van der Waals surface area contributed by atoms with Crippen molar-refractivity contribution in [3.8, 4) is 11.3 Å². The Balaban J connectivity index is 1.68. The molecule has 0 amide bonds. The summed E-state index contributed by atoms with van der Waals surface area (Å²) in [7, 11) is -2.18. The van der Waals surface area contributed by atoms with Crippen molar-refractivity contribution >= 4 is 26.5 Å². The van der Waals surface area contributed by atoms with Crippen molar-refractivity contribution in [1.82, 2.24) is 18.8 Å². The lowest BCUT2D eigenvalue weighted by Gasteiger charge is -2.21. The molecule has 2 aromatic heterocycles. The Morgan fingerprint density at radius 2 is 1.86 bits per heavy atom. The fourth-order valence-corrected chi connectivity index (χ4v) is 5.81. The first kappa shape index (κ1) is 24.2. The van der Waals surface area contributed by atoms with Crippen molar-refractivity contribution in [3.63, 3.8) is 0 Å². The van der Waals surface area contributed by atoms with Crippen LogP contribution < -0.4 is 0 Å². The first-order valence-electron chi connectivity index (χ1n) is 11.3. The zero-order valence-corrected chi connectivity index (χ0v) is 20.4. The number of aromatic nitrogens is 3. The summed E-state index contributed by atoms with van der Waals surface area (Å²) >= 11 is 0. The third-order valence-electron chi connectivity index (χ3n) is 6.32. The molecule has 186 valence electrons. The van der Waals surface area contributed by atoms with Gasteiger partial charge in [0.15, 0.2) is 0 Å². The lowest BCUT2D eigenvalue weighted by Crippen LogP contribution is -2.23. The van der Waals surface area contributed by atoms with Crippen LogP contribution in [0, 0.1) is 6.92 Å². The molecule has 0 unspecified atom stereocenters. The van der Waals surface area contributed by atoms with E-state index in [1.54, 1.807) is 31.3 Å².